The second kappa shape index (κ2) is 5.65. The fraction of sp³-hybridized carbons (Fsp3) is 0.500. The smallest absolute Gasteiger partial charge is 0.314 e. The van der Waals surface area contributed by atoms with E-state index in [-0.39, 0.29) is 18.3 Å². The van der Waals surface area contributed by atoms with Crippen LogP contribution in [0, 0.1) is 13.8 Å². The molecule has 2 rings (SSSR count). The second-order valence-electron chi connectivity index (χ2n) is 5.16. The number of hydrogen-bond acceptors (Lipinski definition) is 3. The van der Waals surface area contributed by atoms with Crippen LogP contribution in [-0.4, -0.2) is 25.0 Å². The second-order valence-corrected chi connectivity index (χ2v) is 5.16. The van der Waals surface area contributed by atoms with Gasteiger partial charge in [0.2, 0.25) is 5.91 Å². The van der Waals surface area contributed by atoms with Gasteiger partial charge in [-0.25, -0.2) is 0 Å². The summed E-state index contributed by atoms with van der Waals surface area (Å²) in [5.41, 5.74) is 3.94. The van der Waals surface area contributed by atoms with Gasteiger partial charge < -0.3 is 9.64 Å². The number of carbonyl (C=O) groups is 2. The van der Waals surface area contributed by atoms with Gasteiger partial charge in [-0.2, -0.15) is 0 Å². The molecule has 1 atom stereocenters. The molecular formula is C16H21NO3. The zero-order chi connectivity index (χ0) is 14.9. The zero-order valence-electron chi connectivity index (χ0n) is 12.5. The van der Waals surface area contributed by atoms with E-state index in [2.05, 4.69) is 6.07 Å². The minimum Gasteiger partial charge on any atom is -0.466 e. The van der Waals surface area contributed by atoms with Gasteiger partial charge in [0.1, 0.15) is 0 Å². The molecule has 4 nitrogen and oxygen atoms in total. The van der Waals surface area contributed by atoms with Crippen LogP contribution < -0.4 is 4.90 Å². The van der Waals surface area contributed by atoms with Gasteiger partial charge >= 0.3 is 5.97 Å². The maximum atomic E-state index is 12.2. The Labute approximate surface area is 119 Å². The molecule has 0 aliphatic carbocycles. The van der Waals surface area contributed by atoms with Gasteiger partial charge in [-0.1, -0.05) is 6.07 Å². The Hall–Kier alpha value is -1.84. The van der Waals surface area contributed by atoms with Crippen molar-refractivity contribution in [3.05, 3.63) is 28.8 Å². The number of nitrogens with zero attached hydrogens (tertiary/aromatic N) is 1. The molecule has 1 unspecified atom stereocenters. The van der Waals surface area contributed by atoms with Gasteiger partial charge in [-0.15, -0.1) is 0 Å². The number of anilines is 1. The molecule has 0 aromatic heterocycles. The largest absolute Gasteiger partial charge is 0.466 e. The number of hydrogen-bond donors (Lipinski definition) is 0. The Balaban J connectivity index is 2.56. The minimum absolute atomic E-state index is 0.0111. The van der Waals surface area contributed by atoms with E-state index in [9.17, 15) is 9.59 Å². The first-order valence-electron chi connectivity index (χ1n) is 7.07. The Morgan fingerprint density at radius 2 is 2.05 bits per heavy atom. The van der Waals surface area contributed by atoms with Crippen molar-refractivity contribution >= 4 is 17.6 Å². The van der Waals surface area contributed by atoms with Crippen molar-refractivity contribution in [1.82, 2.24) is 0 Å². The molecule has 0 spiro atoms. The number of carbonyl (C=O) groups excluding carboxylic acids is 2. The van der Waals surface area contributed by atoms with E-state index in [1.165, 1.54) is 0 Å². The molecule has 0 N–H and O–H groups in total. The van der Waals surface area contributed by atoms with Crippen LogP contribution >= 0.6 is 0 Å². The highest BCUT2D eigenvalue weighted by Gasteiger charge is 2.36. The van der Waals surface area contributed by atoms with Crippen LogP contribution in [0.1, 0.15) is 42.9 Å². The summed E-state index contributed by atoms with van der Waals surface area (Å²) >= 11 is 0. The summed E-state index contributed by atoms with van der Waals surface area (Å²) in [5.74, 6) is -0.784. The third-order valence-corrected chi connectivity index (χ3v) is 3.72. The van der Waals surface area contributed by atoms with Crippen LogP contribution in [0.4, 0.5) is 5.69 Å². The fourth-order valence-corrected chi connectivity index (χ4v) is 2.94. The molecule has 1 amide bonds. The lowest BCUT2D eigenvalue weighted by molar-refractivity contribution is -0.146. The van der Waals surface area contributed by atoms with Gasteiger partial charge in [0, 0.05) is 18.7 Å². The van der Waals surface area contributed by atoms with Crippen molar-refractivity contribution < 1.29 is 14.3 Å². The number of fused-ring (bicyclic) bond motifs is 1. The number of benzene rings is 1. The van der Waals surface area contributed by atoms with Gasteiger partial charge in [-0.3, -0.25) is 9.59 Å². The zero-order valence-corrected chi connectivity index (χ0v) is 12.5. The first-order valence-corrected chi connectivity index (χ1v) is 7.07. The maximum Gasteiger partial charge on any atom is 0.314 e. The van der Waals surface area contributed by atoms with E-state index in [1.807, 2.05) is 26.8 Å². The Morgan fingerprint density at radius 1 is 1.35 bits per heavy atom. The topological polar surface area (TPSA) is 46.6 Å². The Bertz CT molecular complexity index is 551. The van der Waals surface area contributed by atoms with Crippen molar-refractivity contribution in [2.75, 3.05) is 18.1 Å². The molecule has 1 aromatic rings. The van der Waals surface area contributed by atoms with Gasteiger partial charge in [0.05, 0.1) is 12.5 Å². The summed E-state index contributed by atoms with van der Waals surface area (Å²) < 4.78 is 5.13. The molecule has 0 bridgehead atoms. The first-order chi connectivity index (χ1) is 9.49. The van der Waals surface area contributed by atoms with E-state index in [0.29, 0.717) is 13.2 Å². The number of rotatable bonds is 3. The van der Waals surface area contributed by atoms with Crippen molar-refractivity contribution in [2.45, 2.75) is 40.0 Å². The predicted octanol–water partition coefficient (Wildman–Crippen LogP) is 2.71. The summed E-state index contributed by atoms with van der Waals surface area (Å²) in [5, 5.41) is 0. The van der Waals surface area contributed by atoms with Crippen LogP contribution in [0.25, 0.3) is 0 Å². The van der Waals surface area contributed by atoms with E-state index < -0.39 is 5.92 Å². The van der Waals surface area contributed by atoms with Crippen molar-refractivity contribution in [2.24, 2.45) is 0 Å². The van der Waals surface area contributed by atoms with E-state index in [0.717, 1.165) is 22.4 Å². The number of amides is 1. The van der Waals surface area contributed by atoms with E-state index in [1.54, 1.807) is 11.8 Å². The standard InChI is InChI=1S/C16H21NO3/c1-5-17-13-8-10(3)7-11(4)15(13)12(9-14(17)18)16(19)20-6-2/h7-8,12H,5-6,9H2,1-4H3. The fourth-order valence-electron chi connectivity index (χ4n) is 2.94. The SMILES string of the molecule is CCOC(=O)C1CC(=O)N(CC)c2cc(C)cc(C)c21. The molecule has 0 saturated carbocycles. The number of esters is 1. The molecule has 1 aliphatic rings. The number of ether oxygens (including phenoxy) is 1. The molecular weight excluding hydrogens is 254 g/mol. The first kappa shape index (κ1) is 14.6. The van der Waals surface area contributed by atoms with Crippen LogP contribution in [0.3, 0.4) is 0 Å². The van der Waals surface area contributed by atoms with Crippen molar-refractivity contribution in [3.8, 4) is 0 Å². The highest BCUT2D eigenvalue weighted by Crippen LogP contribution is 2.39. The molecule has 108 valence electrons. The molecule has 0 fully saturated rings. The summed E-state index contributed by atoms with van der Waals surface area (Å²) in [7, 11) is 0. The Kier molecular flexibility index (Phi) is 4.12. The highest BCUT2D eigenvalue weighted by molar-refractivity contribution is 6.02. The quantitative estimate of drug-likeness (QED) is 0.797. The van der Waals surface area contributed by atoms with E-state index >= 15 is 0 Å². The predicted molar refractivity (Wildman–Crippen MR) is 77.9 cm³/mol. The lowest BCUT2D eigenvalue weighted by Crippen LogP contribution is -2.39. The monoisotopic (exact) mass is 275 g/mol. The Morgan fingerprint density at radius 3 is 2.65 bits per heavy atom. The molecule has 4 heteroatoms. The molecule has 0 saturated heterocycles. The normalized spacial score (nSPS) is 17.9. The van der Waals surface area contributed by atoms with Crippen LogP contribution in [0.5, 0.6) is 0 Å². The molecule has 1 aliphatic heterocycles. The third kappa shape index (κ3) is 2.42. The maximum absolute atomic E-state index is 12.2. The molecule has 1 aromatic carbocycles. The van der Waals surface area contributed by atoms with Crippen LogP contribution in [0.2, 0.25) is 0 Å². The van der Waals surface area contributed by atoms with Crippen LogP contribution in [0.15, 0.2) is 12.1 Å². The average Bonchev–Trinajstić information content (AvgIpc) is 2.37. The summed E-state index contributed by atoms with van der Waals surface area (Å²) in [6.07, 6.45) is 0.198. The average molecular weight is 275 g/mol. The van der Waals surface area contributed by atoms with Gasteiger partial charge in [0.15, 0.2) is 0 Å². The minimum atomic E-state index is -0.471. The summed E-state index contributed by atoms with van der Waals surface area (Å²) in [6, 6.07) is 4.03. The van der Waals surface area contributed by atoms with E-state index in [4.69, 9.17) is 4.74 Å². The summed E-state index contributed by atoms with van der Waals surface area (Å²) in [4.78, 5) is 26.1. The molecule has 20 heavy (non-hydrogen) atoms. The van der Waals surface area contributed by atoms with Crippen molar-refractivity contribution in [3.63, 3.8) is 0 Å². The molecule has 0 radical (unpaired) electrons. The van der Waals surface area contributed by atoms with Gasteiger partial charge in [-0.05, 0) is 50.5 Å². The van der Waals surface area contributed by atoms with Crippen LogP contribution in [-0.2, 0) is 14.3 Å². The number of aryl methyl sites for hydroxylation is 2. The summed E-state index contributed by atoms with van der Waals surface area (Å²) in [6.45, 7) is 8.67. The molecule has 1 heterocycles. The van der Waals surface area contributed by atoms with Gasteiger partial charge in [0.25, 0.3) is 0 Å². The lowest BCUT2D eigenvalue weighted by Gasteiger charge is -2.34. The third-order valence-electron chi connectivity index (χ3n) is 3.72. The highest BCUT2D eigenvalue weighted by atomic mass is 16.5. The lowest BCUT2D eigenvalue weighted by atomic mass is 9.85. The van der Waals surface area contributed by atoms with Crippen molar-refractivity contribution in [1.29, 1.82) is 0 Å².